The van der Waals surface area contributed by atoms with Crippen LogP contribution in [0.2, 0.25) is 0 Å². The fourth-order valence-electron chi connectivity index (χ4n) is 5.37. The average molecular weight is 715 g/mol. The van der Waals surface area contributed by atoms with E-state index in [0.717, 1.165) is 12.0 Å². The molecule has 0 N–H and O–H groups in total. The lowest BCUT2D eigenvalue weighted by Crippen LogP contribution is -2.05. The quantitative estimate of drug-likeness (QED) is 0.0937. The highest BCUT2D eigenvalue weighted by atomic mass is 127. The molecule has 0 saturated carbocycles. The van der Waals surface area contributed by atoms with Crippen LogP contribution >= 0.6 is 45.2 Å². The maximum absolute atomic E-state index is 9.21. The number of ether oxygens (including phenoxy) is 1. The Kier molecular flexibility index (Phi) is 7.08. The van der Waals surface area contributed by atoms with Gasteiger partial charge in [-0.1, -0.05) is 66.7 Å². The van der Waals surface area contributed by atoms with Gasteiger partial charge in [-0.3, -0.25) is 0 Å². The Balaban J connectivity index is 1.44. The Morgan fingerprint density at radius 2 is 1.42 bits per heavy atom. The van der Waals surface area contributed by atoms with Gasteiger partial charge in [-0.05, 0) is 137 Å². The van der Waals surface area contributed by atoms with Crippen molar-refractivity contribution in [1.29, 1.82) is 5.26 Å². The van der Waals surface area contributed by atoms with Gasteiger partial charge in [0.05, 0.1) is 24.3 Å². The first-order valence-corrected chi connectivity index (χ1v) is 14.6. The highest BCUT2D eigenvalue weighted by molar-refractivity contribution is 14.1. The van der Waals surface area contributed by atoms with Crippen molar-refractivity contribution < 1.29 is 4.74 Å². The maximum Gasteiger partial charge on any atom is 0.0991 e. The summed E-state index contributed by atoms with van der Waals surface area (Å²) in [6, 6.07) is 34.3. The number of nitriles is 1. The fraction of sp³-hybridized carbons (Fsp3) is 0.0882. The van der Waals surface area contributed by atoms with E-state index in [9.17, 15) is 5.26 Å². The molecule has 38 heavy (non-hydrogen) atoms. The minimum absolute atomic E-state index is 0.0442. The molecule has 0 aliphatic rings. The molecule has 4 heteroatoms. The standard InChI is InChI=1S/C34H23I2NO/c1-2-3-32(26-16-27(35)18-28(36)17-26)38-20-25-9-8-23-12-15-31-29(22-6-4-21(19-37)5-7-22)13-10-24-11-14-30(25)33(23)34(24)31/h2,4-18,32H,1,3,20H2. The first kappa shape index (κ1) is 25.3. The Morgan fingerprint density at radius 3 is 2.11 bits per heavy atom. The Bertz CT molecular complexity index is 1830. The summed E-state index contributed by atoms with van der Waals surface area (Å²) in [4.78, 5) is 0. The largest absolute Gasteiger partial charge is 0.369 e. The van der Waals surface area contributed by atoms with E-state index in [0.29, 0.717) is 12.2 Å². The molecule has 2 nitrogen and oxygen atoms in total. The summed E-state index contributed by atoms with van der Waals surface area (Å²) in [6.45, 7) is 4.50. The minimum atomic E-state index is -0.0442. The number of rotatable bonds is 7. The van der Waals surface area contributed by atoms with Gasteiger partial charge in [-0.25, -0.2) is 0 Å². The van der Waals surface area contributed by atoms with Crippen molar-refractivity contribution in [1.82, 2.24) is 0 Å². The van der Waals surface area contributed by atoms with Crippen molar-refractivity contribution in [3.8, 4) is 17.2 Å². The van der Waals surface area contributed by atoms with E-state index in [4.69, 9.17) is 4.74 Å². The number of hydrogen-bond donors (Lipinski definition) is 0. The van der Waals surface area contributed by atoms with E-state index in [1.807, 2.05) is 30.3 Å². The van der Waals surface area contributed by atoms with Crippen molar-refractivity contribution in [2.75, 3.05) is 0 Å². The molecule has 0 fully saturated rings. The zero-order valence-corrected chi connectivity index (χ0v) is 24.9. The van der Waals surface area contributed by atoms with Crippen molar-refractivity contribution in [3.05, 3.63) is 127 Å². The average Bonchev–Trinajstić information content (AvgIpc) is 2.93. The van der Waals surface area contributed by atoms with Crippen molar-refractivity contribution in [2.24, 2.45) is 0 Å². The lowest BCUT2D eigenvalue weighted by atomic mass is 9.88. The fourth-order valence-corrected chi connectivity index (χ4v) is 7.35. The molecule has 0 amide bonds. The van der Waals surface area contributed by atoms with Gasteiger partial charge in [0.25, 0.3) is 0 Å². The molecule has 0 heterocycles. The zero-order chi connectivity index (χ0) is 26.2. The van der Waals surface area contributed by atoms with Crippen LogP contribution < -0.4 is 0 Å². The van der Waals surface area contributed by atoms with E-state index in [-0.39, 0.29) is 6.10 Å². The predicted octanol–water partition coefficient (Wildman–Crippen LogP) is 10.2. The monoisotopic (exact) mass is 715 g/mol. The van der Waals surface area contributed by atoms with Crippen molar-refractivity contribution >= 4 is 77.5 Å². The molecular weight excluding hydrogens is 692 g/mol. The summed E-state index contributed by atoms with van der Waals surface area (Å²) in [7, 11) is 0. The highest BCUT2D eigenvalue weighted by Gasteiger charge is 2.16. The molecule has 1 atom stereocenters. The first-order chi connectivity index (χ1) is 18.6. The molecule has 184 valence electrons. The highest BCUT2D eigenvalue weighted by Crippen LogP contribution is 2.40. The SMILES string of the molecule is C=CCC(OCc1ccc2ccc3c(-c4ccc(C#N)cc4)ccc4ccc1c2c43)c1cc(I)cc(I)c1. The molecule has 0 bridgehead atoms. The number of nitrogens with zero attached hydrogens (tertiary/aromatic N) is 1. The molecule has 6 rings (SSSR count). The minimum Gasteiger partial charge on any atom is -0.369 e. The smallest absolute Gasteiger partial charge is 0.0991 e. The van der Waals surface area contributed by atoms with Crippen LogP contribution in [-0.2, 0) is 11.3 Å². The van der Waals surface area contributed by atoms with E-state index in [2.05, 4.69) is 125 Å². The van der Waals surface area contributed by atoms with Gasteiger partial charge in [0.1, 0.15) is 0 Å². The van der Waals surface area contributed by atoms with E-state index in [1.54, 1.807) is 0 Å². The summed E-state index contributed by atoms with van der Waals surface area (Å²) in [5.74, 6) is 0. The third-order valence-electron chi connectivity index (χ3n) is 7.16. The molecule has 0 aliphatic carbocycles. The lowest BCUT2D eigenvalue weighted by Gasteiger charge is -2.20. The summed E-state index contributed by atoms with van der Waals surface area (Å²) < 4.78 is 8.99. The van der Waals surface area contributed by atoms with Gasteiger partial charge < -0.3 is 4.74 Å². The van der Waals surface area contributed by atoms with Crippen molar-refractivity contribution in [2.45, 2.75) is 19.1 Å². The van der Waals surface area contributed by atoms with E-state index in [1.165, 1.54) is 56.1 Å². The zero-order valence-electron chi connectivity index (χ0n) is 20.5. The molecule has 0 spiro atoms. The number of benzene rings is 6. The third kappa shape index (κ3) is 4.68. The van der Waals surface area contributed by atoms with Crippen LogP contribution in [0.5, 0.6) is 0 Å². The van der Waals surface area contributed by atoms with Crippen LogP contribution in [0.15, 0.2) is 104 Å². The van der Waals surface area contributed by atoms with Crippen LogP contribution in [0.4, 0.5) is 0 Å². The van der Waals surface area contributed by atoms with Crippen LogP contribution in [0.25, 0.3) is 43.4 Å². The molecule has 0 radical (unpaired) electrons. The van der Waals surface area contributed by atoms with Gasteiger partial charge in [0.15, 0.2) is 0 Å². The Hall–Kier alpha value is -2.99. The van der Waals surface area contributed by atoms with Crippen LogP contribution in [-0.4, -0.2) is 0 Å². The van der Waals surface area contributed by atoms with E-state index >= 15 is 0 Å². The molecule has 1 unspecified atom stereocenters. The second-order valence-electron chi connectivity index (χ2n) is 9.48. The summed E-state index contributed by atoms with van der Waals surface area (Å²) >= 11 is 4.74. The predicted molar refractivity (Wildman–Crippen MR) is 175 cm³/mol. The molecule has 0 aromatic heterocycles. The third-order valence-corrected chi connectivity index (χ3v) is 8.40. The Labute approximate surface area is 249 Å². The van der Waals surface area contributed by atoms with Gasteiger partial charge in [0.2, 0.25) is 0 Å². The summed E-state index contributed by atoms with van der Waals surface area (Å²) in [5, 5.41) is 16.7. The van der Waals surface area contributed by atoms with Crippen LogP contribution in [0, 0.1) is 18.5 Å². The second kappa shape index (κ2) is 10.6. The van der Waals surface area contributed by atoms with Gasteiger partial charge in [-0.15, -0.1) is 6.58 Å². The first-order valence-electron chi connectivity index (χ1n) is 12.4. The molecular formula is C34H23I2NO. The molecule has 0 saturated heterocycles. The molecule has 0 aliphatic heterocycles. The van der Waals surface area contributed by atoms with E-state index < -0.39 is 0 Å². The topological polar surface area (TPSA) is 33.0 Å². The van der Waals surface area contributed by atoms with Gasteiger partial charge in [0, 0.05) is 7.14 Å². The molecule has 6 aromatic carbocycles. The summed E-state index contributed by atoms with van der Waals surface area (Å²) in [5.41, 5.74) is 5.34. The number of halogens is 2. The van der Waals surface area contributed by atoms with Gasteiger partial charge >= 0.3 is 0 Å². The van der Waals surface area contributed by atoms with Crippen LogP contribution in [0.1, 0.15) is 29.2 Å². The normalized spacial score (nSPS) is 12.2. The maximum atomic E-state index is 9.21. The second-order valence-corrected chi connectivity index (χ2v) is 12.0. The lowest BCUT2D eigenvalue weighted by molar-refractivity contribution is 0.0423. The van der Waals surface area contributed by atoms with Crippen molar-refractivity contribution in [3.63, 3.8) is 0 Å². The number of hydrogen-bond acceptors (Lipinski definition) is 2. The van der Waals surface area contributed by atoms with Gasteiger partial charge in [-0.2, -0.15) is 5.26 Å². The van der Waals surface area contributed by atoms with Crippen LogP contribution in [0.3, 0.4) is 0 Å². The summed E-state index contributed by atoms with van der Waals surface area (Å²) in [6.07, 6.45) is 2.65. The molecule has 6 aromatic rings. The Morgan fingerprint density at radius 1 is 0.789 bits per heavy atom.